The van der Waals surface area contributed by atoms with Gasteiger partial charge in [-0.15, -0.1) is 0 Å². The van der Waals surface area contributed by atoms with Gasteiger partial charge in [0, 0.05) is 10.5 Å². The van der Waals surface area contributed by atoms with Gasteiger partial charge in [-0.25, -0.2) is 9.97 Å². The molecule has 0 aliphatic heterocycles. The molecule has 2 N–H and O–H groups in total. The van der Waals surface area contributed by atoms with Crippen LogP contribution in [0.4, 0.5) is 5.82 Å². The van der Waals surface area contributed by atoms with E-state index < -0.39 is 0 Å². The second-order valence-electron chi connectivity index (χ2n) is 4.08. The van der Waals surface area contributed by atoms with Crippen molar-refractivity contribution in [3.8, 4) is 0 Å². The Morgan fingerprint density at radius 3 is 2.76 bits per heavy atom. The van der Waals surface area contributed by atoms with Crippen LogP contribution in [0.1, 0.15) is 19.5 Å². The number of aromatic nitrogens is 2. The Balaban J connectivity index is 2.61. The normalized spacial score (nSPS) is 11.1. The molecule has 1 heterocycles. The van der Waals surface area contributed by atoms with E-state index in [4.69, 9.17) is 0 Å². The Bertz CT molecular complexity index is 543. The highest BCUT2D eigenvalue weighted by molar-refractivity contribution is 9.10. The fraction of sp³-hybridized carbons (Fsp3) is 0.333. The fourth-order valence-corrected chi connectivity index (χ4v) is 2.02. The van der Waals surface area contributed by atoms with Crippen molar-refractivity contribution in [2.75, 3.05) is 5.32 Å². The maximum Gasteiger partial charge on any atom is 0.151 e. The van der Waals surface area contributed by atoms with Crippen molar-refractivity contribution in [2.45, 2.75) is 26.5 Å². The number of hydrogen-bond donors (Lipinski definition) is 2. The molecule has 0 fully saturated rings. The van der Waals surface area contributed by atoms with Crippen LogP contribution in [0.2, 0.25) is 0 Å². The van der Waals surface area contributed by atoms with Gasteiger partial charge in [0.25, 0.3) is 0 Å². The second-order valence-corrected chi connectivity index (χ2v) is 4.94. The van der Waals surface area contributed by atoms with Gasteiger partial charge in [0.1, 0.15) is 11.2 Å². The quantitative estimate of drug-likeness (QED) is 0.914. The summed E-state index contributed by atoms with van der Waals surface area (Å²) in [6.07, 6.45) is 0. The molecule has 0 spiro atoms. The van der Waals surface area contributed by atoms with Gasteiger partial charge in [0.2, 0.25) is 0 Å². The molecule has 0 aliphatic rings. The molecule has 0 radical (unpaired) electrons. The van der Waals surface area contributed by atoms with Crippen LogP contribution in [0.5, 0.6) is 0 Å². The van der Waals surface area contributed by atoms with Crippen LogP contribution in [0.15, 0.2) is 22.7 Å². The minimum atomic E-state index is -0.121. The van der Waals surface area contributed by atoms with E-state index in [0.29, 0.717) is 11.5 Å². The number of nitrogens with zero attached hydrogens (tertiary/aromatic N) is 2. The van der Waals surface area contributed by atoms with Gasteiger partial charge < -0.3 is 10.4 Å². The predicted octanol–water partition coefficient (Wildman–Crippen LogP) is 2.70. The highest BCUT2D eigenvalue weighted by Gasteiger charge is 2.10. The summed E-state index contributed by atoms with van der Waals surface area (Å²) in [5, 5.41) is 12.5. The molecule has 0 atom stereocenters. The molecule has 0 amide bonds. The third-order valence-electron chi connectivity index (χ3n) is 2.29. The largest absolute Gasteiger partial charge is 0.390 e. The van der Waals surface area contributed by atoms with E-state index in [1.807, 2.05) is 32.0 Å². The first kappa shape index (κ1) is 12.3. The summed E-state index contributed by atoms with van der Waals surface area (Å²) in [7, 11) is 0. The van der Waals surface area contributed by atoms with Gasteiger partial charge >= 0.3 is 0 Å². The van der Waals surface area contributed by atoms with Crippen molar-refractivity contribution in [1.82, 2.24) is 9.97 Å². The molecule has 0 bridgehead atoms. The van der Waals surface area contributed by atoms with Crippen LogP contribution in [0, 0.1) is 0 Å². The summed E-state index contributed by atoms with van der Waals surface area (Å²) in [4.78, 5) is 8.91. The summed E-state index contributed by atoms with van der Waals surface area (Å²) in [6.45, 7) is 3.92. The Kier molecular flexibility index (Phi) is 3.59. The van der Waals surface area contributed by atoms with Gasteiger partial charge in [-0.2, -0.15) is 0 Å². The van der Waals surface area contributed by atoms with Gasteiger partial charge in [0.15, 0.2) is 5.82 Å². The number of aliphatic hydroxyl groups excluding tert-OH is 1. The molecule has 1 aromatic carbocycles. The van der Waals surface area contributed by atoms with E-state index in [2.05, 4.69) is 31.2 Å². The minimum absolute atomic E-state index is 0.121. The predicted molar refractivity (Wildman–Crippen MR) is 71.9 cm³/mol. The first-order valence-corrected chi connectivity index (χ1v) is 6.23. The Hall–Kier alpha value is -1.20. The van der Waals surface area contributed by atoms with E-state index in [1.54, 1.807) is 0 Å². The van der Waals surface area contributed by atoms with E-state index >= 15 is 0 Å². The molecule has 0 saturated heterocycles. The molecule has 90 valence electrons. The van der Waals surface area contributed by atoms with Crippen molar-refractivity contribution in [3.63, 3.8) is 0 Å². The van der Waals surface area contributed by atoms with Crippen molar-refractivity contribution < 1.29 is 5.11 Å². The van der Waals surface area contributed by atoms with Crippen molar-refractivity contribution in [1.29, 1.82) is 0 Å². The van der Waals surface area contributed by atoms with Gasteiger partial charge in [0.05, 0.1) is 12.1 Å². The summed E-state index contributed by atoms with van der Waals surface area (Å²) in [6, 6.07) is 5.95. The van der Waals surface area contributed by atoms with Gasteiger partial charge in [-0.3, -0.25) is 0 Å². The van der Waals surface area contributed by atoms with Crippen LogP contribution < -0.4 is 5.32 Å². The topological polar surface area (TPSA) is 58.0 Å². The summed E-state index contributed by atoms with van der Waals surface area (Å²) in [5.74, 6) is 0.641. The average molecular weight is 296 g/mol. The average Bonchev–Trinajstić information content (AvgIpc) is 2.29. The lowest BCUT2D eigenvalue weighted by Crippen LogP contribution is -2.14. The van der Waals surface area contributed by atoms with E-state index in [0.717, 1.165) is 15.5 Å². The van der Waals surface area contributed by atoms with E-state index in [9.17, 15) is 5.11 Å². The Labute approximate surface area is 108 Å². The third kappa shape index (κ3) is 2.56. The molecule has 1 aromatic heterocycles. The first-order chi connectivity index (χ1) is 8.11. The number of benzene rings is 1. The molecular weight excluding hydrogens is 282 g/mol. The van der Waals surface area contributed by atoms with Crippen molar-refractivity contribution >= 4 is 32.8 Å². The lowest BCUT2D eigenvalue weighted by atomic mass is 10.2. The van der Waals surface area contributed by atoms with Crippen LogP contribution in [0.3, 0.4) is 0 Å². The molecule has 2 rings (SSSR count). The van der Waals surface area contributed by atoms with Crippen LogP contribution >= 0.6 is 15.9 Å². The minimum Gasteiger partial charge on any atom is -0.390 e. The first-order valence-electron chi connectivity index (χ1n) is 5.44. The molecule has 2 aromatic rings. The zero-order valence-electron chi connectivity index (χ0n) is 9.74. The maximum atomic E-state index is 9.31. The van der Waals surface area contributed by atoms with Gasteiger partial charge in [-0.05, 0) is 41.9 Å². The lowest BCUT2D eigenvalue weighted by molar-refractivity contribution is 0.277. The standard InChI is InChI=1S/C12H14BrN3O/c1-7(2)14-12-10(6-17)15-9-5-3-4-8(13)11(9)16-12/h3-5,7,17H,6H2,1-2H3,(H,14,16). The van der Waals surface area contributed by atoms with Crippen molar-refractivity contribution in [2.24, 2.45) is 0 Å². The van der Waals surface area contributed by atoms with E-state index in [1.165, 1.54) is 0 Å². The summed E-state index contributed by atoms with van der Waals surface area (Å²) in [5.41, 5.74) is 2.15. The summed E-state index contributed by atoms with van der Waals surface area (Å²) < 4.78 is 0.902. The lowest BCUT2D eigenvalue weighted by Gasteiger charge is -2.13. The molecule has 0 aliphatic carbocycles. The molecule has 5 heteroatoms. The Morgan fingerprint density at radius 2 is 2.12 bits per heavy atom. The number of para-hydroxylation sites is 1. The molecular formula is C12H14BrN3O. The van der Waals surface area contributed by atoms with Crippen molar-refractivity contribution in [3.05, 3.63) is 28.4 Å². The zero-order valence-corrected chi connectivity index (χ0v) is 11.3. The van der Waals surface area contributed by atoms with Crippen LogP contribution in [0.25, 0.3) is 11.0 Å². The number of nitrogens with one attached hydrogen (secondary N) is 1. The number of halogens is 1. The fourth-order valence-electron chi connectivity index (χ4n) is 1.58. The number of anilines is 1. The number of fused-ring (bicyclic) bond motifs is 1. The second kappa shape index (κ2) is 4.98. The number of aliphatic hydroxyl groups is 1. The maximum absolute atomic E-state index is 9.31. The highest BCUT2D eigenvalue weighted by Crippen LogP contribution is 2.24. The molecule has 0 unspecified atom stereocenters. The van der Waals surface area contributed by atoms with Gasteiger partial charge in [-0.1, -0.05) is 6.07 Å². The molecule has 17 heavy (non-hydrogen) atoms. The molecule has 0 saturated carbocycles. The number of rotatable bonds is 3. The van der Waals surface area contributed by atoms with Crippen LogP contribution in [-0.4, -0.2) is 21.1 Å². The third-order valence-corrected chi connectivity index (χ3v) is 2.93. The van der Waals surface area contributed by atoms with E-state index in [-0.39, 0.29) is 12.6 Å². The summed E-state index contributed by atoms with van der Waals surface area (Å²) >= 11 is 3.45. The SMILES string of the molecule is CC(C)Nc1nc2c(Br)cccc2nc1CO. The highest BCUT2D eigenvalue weighted by atomic mass is 79.9. The smallest absolute Gasteiger partial charge is 0.151 e. The molecule has 4 nitrogen and oxygen atoms in total. The zero-order chi connectivity index (χ0) is 12.4. The number of hydrogen-bond acceptors (Lipinski definition) is 4. The van der Waals surface area contributed by atoms with Crippen LogP contribution in [-0.2, 0) is 6.61 Å². The monoisotopic (exact) mass is 295 g/mol. The Morgan fingerprint density at radius 1 is 1.35 bits per heavy atom.